The minimum atomic E-state index is -1.17. The van der Waals surface area contributed by atoms with E-state index in [1.54, 1.807) is 0 Å². The van der Waals surface area contributed by atoms with Gasteiger partial charge in [-0.1, -0.05) is 19.3 Å². The molecular weight excluding hydrogens is 282 g/mol. The first kappa shape index (κ1) is 15.0. The van der Waals surface area contributed by atoms with Gasteiger partial charge in [0.15, 0.2) is 6.23 Å². The van der Waals surface area contributed by atoms with Gasteiger partial charge in [0.2, 0.25) is 5.95 Å². The first-order valence-electron chi connectivity index (χ1n) is 7.78. The number of rotatable bonds is 1. The van der Waals surface area contributed by atoms with E-state index in [0.29, 0.717) is 11.6 Å². The van der Waals surface area contributed by atoms with Gasteiger partial charge in [-0.3, -0.25) is 4.90 Å². The summed E-state index contributed by atoms with van der Waals surface area (Å²) in [5.74, 6) is 0.438. The van der Waals surface area contributed by atoms with Crippen molar-refractivity contribution < 1.29 is 9.90 Å². The first-order chi connectivity index (χ1) is 10.3. The Morgan fingerprint density at radius 1 is 1.23 bits per heavy atom. The SMILES string of the molecule is CC1(C)c2c(C3CCCCC3)nc(N)nc2C(O)N1C(N)=O. The number of aromatic nitrogens is 2. The van der Waals surface area contributed by atoms with Gasteiger partial charge in [0, 0.05) is 11.5 Å². The fourth-order valence-electron chi connectivity index (χ4n) is 3.94. The summed E-state index contributed by atoms with van der Waals surface area (Å²) >= 11 is 0. The molecule has 2 aliphatic rings. The predicted octanol–water partition coefficient (Wildman–Crippen LogP) is 1.73. The second-order valence-electron chi connectivity index (χ2n) is 6.70. The molecule has 0 bridgehead atoms. The average molecular weight is 305 g/mol. The maximum atomic E-state index is 11.8. The Hall–Kier alpha value is -1.89. The molecule has 0 radical (unpaired) electrons. The topological polar surface area (TPSA) is 118 Å². The molecular formula is C15H23N5O2. The highest BCUT2D eigenvalue weighted by Crippen LogP contribution is 2.48. The van der Waals surface area contributed by atoms with E-state index >= 15 is 0 Å². The Morgan fingerprint density at radius 2 is 1.82 bits per heavy atom. The summed E-state index contributed by atoms with van der Waals surface area (Å²) in [4.78, 5) is 21.7. The van der Waals surface area contributed by atoms with Gasteiger partial charge < -0.3 is 16.6 Å². The molecule has 1 saturated carbocycles. The predicted molar refractivity (Wildman–Crippen MR) is 81.7 cm³/mol. The second-order valence-corrected chi connectivity index (χ2v) is 6.70. The zero-order valence-corrected chi connectivity index (χ0v) is 13.0. The molecule has 1 atom stereocenters. The first-order valence-corrected chi connectivity index (χ1v) is 7.78. The monoisotopic (exact) mass is 305 g/mol. The lowest BCUT2D eigenvalue weighted by molar-refractivity contribution is -0.00326. The van der Waals surface area contributed by atoms with Crippen LogP contribution in [0.3, 0.4) is 0 Å². The van der Waals surface area contributed by atoms with E-state index in [2.05, 4.69) is 9.97 Å². The molecule has 0 aromatic carbocycles. The van der Waals surface area contributed by atoms with Gasteiger partial charge in [-0.05, 0) is 26.7 Å². The number of aliphatic hydroxyl groups is 1. The number of amides is 2. The van der Waals surface area contributed by atoms with Crippen molar-refractivity contribution in [1.82, 2.24) is 14.9 Å². The Bertz CT molecular complexity index is 610. The molecule has 3 rings (SSSR count). The van der Waals surface area contributed by atoms with Crippen LogP contribution >= 0.6 is 0 Å². The lowest BCUT2D eigenvalue weighted by atomic mass is 9.81. The highest BCUT2D eigenvalue weighted by atomic mass is 16.3. The number of hydrogen-bond donors (Lipinski definition) is 3. The van der Waals surface area contributed by atoms with Crippen LogP contribution < -0.4 is 11.5 Å². The minimum Gasteiger partial charge on any atom is -0.368 e. The molecule has 1 aliphatic carbocycles. The van der Waals surface area contributed by atoms with Crippen molar-refractivity contribution in [3.05, 3.63) is 17.0 Å². The quantitative estimate of drug-likeness (QED) is 0.730. The molecule has 120 valence electrons. The average Bonchev–Trinajstić information content (AvgIpc) is 2.65. The number of aliphatic hydroxyl groups excluding tert-OH is 1. The number of fused-ring (bicyclic) bond motifs is 1. The lowest BCUT2D eigenvalue weighted by Gasteiger charge is -2.34. The van der Waals surface area contributed by atoms with Crippen LogP contribution in [0, 0.1) is 0 Å². The van der Waals surface area contributed by atoms with Gasteiger partial charge >= 0.3 is 6.03 Å². The van der Waals surface area contributed by atoms with Crippen LogP contribution in [0.5, 0.6) is 0 Å². The van der Waals surface area contributed by atoms with E-state index in [0.717, 1.165) is 36.9 Å². The van der Waals surface area contributed by atoms with Crippen molar-refractivity contribution in [1.29, 1.82) is 0 Å². The Labute approximate surface area is 129 Å². The van der Waals surface area contributed by atoms with Gasteiger partial charge in [0.05, 0.1) is 11.2 Å². The molecule has 7 nitrogen and oxygen atoms in total. The number of carbonyl (C=O) groups excluding carboxylic acids is 1. The summed E-state index contributed by atoms with van der Waals surface area (Å²) < 4.78 is 0. The second kappa shape index (κ2) is 5.08. The van der Waals surface area contributed by atoms with Crippen molar-refractivity contribution in [3.63, 3.8) is 0 Å². The number of nitrogens with zero attached hydrogens (tertiary/aromatic N) is 3. The Morgan fingerprint density at radius 3 is 2.41 bits per heavy atom. The van der Waals surface area contributed by atoms with Gasteiger partial charge in [-0.25, -0.2) is 14.8 Å². The molecule has 1 aromatic heterocycles. The fraction of sp³-hybridized carbons (Fsp3) is 0.667. The van der Waals surface area contributed by atoms with Crippen molar-refractivity contribution >= 4 is 12.0 Å². The maximum absolute atomic E-state index is 11.8. The normalized spacial score (nSPS) is 24.3. The van der Waals surface area contributed by atoms with E-state index in [1.165, 1.54) is 11.3 Å². The molecule has 1 unspecified atom stereocenters. The smallest absolute Gasteiger partial charge is 0.317 e. The van der Waals surface area contributed by atoms with Crippen LogP contribution in [0.2, 0.25) is 0 Å². The van der Waals surface area contributed by atoms with Crippen LogP contribution in [0.1, 0.15) is 75.0 Å². The number of urea groups is 1. The number of hydrogen-bond acceptors (Lipinski definition) is 5. The Balaban J connectivity index is 2.16. The van der Waals surface area contributed by atoms with Crippen molar-refractivity contribution in [3.8, 4) is 0 Å². The molecule has 2 amide bonds. The maximum Gasteiger partial charge on any atom is 0.317 e. The molecule has 1 fully saturated rings. The number of primary amides is 1. The summed E-state index contributed by atoms with van der Waals surface area (Å²) in [7, 11) is 0. The summed E-state index contributed by atoms with van der Waals surface area (Å²) in [6.07, 6.45) is 4.48. The highest BCUT2D eigenvalue weighted by molar-refractivity contribution is 5.75. The third-order valence-corrected chi connectivity index (χ3v) is 4.91. The number of nitrogens with two attached hydrogens (primary N) is 2. The standard InChI is InChI=1S/C15H23N5O2/c1-15(2)9-10(8-6-4-3-5-7-8)18-13(16)19-11(9)12(21)20(15)14(17)22/h8,12,21H,3-7H2,1-2H3,(H2,17,22)(H2,16,18,19). The van der Waals surface area contributed by atoms with E-state index in [1.807, 2.05) is 13.8 Å². The highest BCUT2D eigenvalue weighted by Gasteiger charge is 2.49. The number of anilines is 1. The van der Waals surface area contributed by atoms with E-state index in [9.17, 15) is 9.90 Å². The van der Waals surface area contributed by atoms with E-state index in [4.69, 9.17) is 11.5 Å². The molecule has 1 aliphatic heterocycles. The molecule has 7 heteroatoms. The molecule has 0 spiro atoms. The molecule has 22 heavy (non-hydrogen) atoms. The van der Waals surface area contributed by atoms with Crippen LogP contribution in [-0.4, -0.2) is 26.0 Å². The van der Waals surface area contributed by atoms with E-state index in [-0.39, 0.29) is 5.95 Å². The summed E-state index contributed by atoms with van der Waals surface area (Å²) in [5.41, 5.74) is 12.6. The van der Waals surface area contributed by atoms with Gasteiger partial charge in [-0.15, -0.1) is 0 Å². The van der Waals surface area contributed by atoms with Gasteiger partial charge in [-0.2, -0.15) is 0 Å². The molecule has 1 aromatic rings. The lowest BCUT2D eigenvalue weighted by Crippen LogP contribution is -2.45. The van der Waals surface area contributed by atoms with Crippen LogP contribution in [-0.2, 0) is 5.54 Å². The zero-order chi connectivity index (χ0) is 16.1. The Kier molecular flexibility index (Phi) is 3.47. The van der Waals surface area contributed by atoms with Gasteiger partial charge in [0.1, 0.15) is 5.69 Å². The van der Waals surface area contributed by atoms with Crippen molar-refractivity contribution in [2.45, 2.75) is 63.6 Å². The zero-order valence-electron chi connectivity index (χ0n) is 13.0. The molecule has 5 N–H and O–H groups in total. The summed E-state index contributed by atoms with van der Waals surface area (Å²) in [6, 6.07) is -0.677. The third-order valence-electron chi connectivity index (χ3n) is 4.91. The van der Waals surface area contributed by atoms with Gasteiger partial charge in [0.25, 0.3) is 0 Å². The van der Waals surface area contributed by atoms with Crippen molar-refractivity contribution in [2.24, 2.45) is 5.73 Å². The van der Waals surface area contributed by atoms with E-state index < -0.39 is 17.8 Å². The van der Waals surface area contributed by atoms with Crippen molar-refractivity contribution in [2.75, 3.05) is 5.73 Å². The number of carbonyl (C=O) groups is 1. The molecule has 0 saturated heterocycles. The minimum absolute atomic E-state index is 0.139. The van der Waals surface area contributed by atoms with Crippen LogP contribution in [0.25, 0.3) is 0 Å². The largest absolute Gasteiger partial charge is 0.368 e. The molecule has 2 heterocycles. The summed E-state index contributed by atoms with van der Waals surface area (Å²) in [5, 5.41) is 10.5. The van der Waals surface area contributed by atoms with Crippen LogP contribution in [0.15, 0.2) is 0 Å². The fourth-order valence-corrected chi connectivity index (χ4v) is 3.94. The number of nitrogen functional groups attached to an aromatic ring is 1. The summed E-state index contributed by atoms with van der Waals surface area (Å²) in [6.45, 7) is 3.72. The van der Waals surface area contributed by atoms with Crippen LogP contribution in [0.4, 0.5) is 10.7 Å². The third kappa shape index (κ3) is 2.11.